The third kappa shape index (κ3) is 5.25. The number of carbonyl (C=O) groups is 1. The predicted molar refractivity (Wildman–Crippen MR) is 95.3 cm³/mol. The fourth-order valence-corrected chi connectivity index (χ4v) is 2.43. The maximum absolute atomic E-state index is 11.7. The fourth-order valence-electron chi connectivity index (χ4n) is 2.43. The van der Waals surface area contributed by atoms with Gasteiger partial charge in [0, 0.05) is 30.2 Å². The molecule has 0 saturated heterocycles. The normalized spacial score (nSPS) is 11.4. The van der Waals surface area contributed by atoms with Crippen LogP contribution < -0.4 is 4.74 Å². The van der Waals surface area contributed by atoms with E-state index >= 15 is 0 Å². The summed E-state index contributed by atoms with van der Waals surface area (Å²) in [5, 5.41) is 1.06. The number of esters is 1. The van der Waals surface area contributed by atoms with E-state index in [1.54, 1.807) is 0 Å². The van der Waals surface area contributed by atoms with Gasteiger partial charge in [-0.2, -0.15) is 0 Å². The zero-order chi connectivity index (χ0) is 17.5. The molecule has 0 atom stereocenters. The molecule has 0 spiro atoms. The Morgan fingerprint density at radius 1 is 1.12 bits per heavy atom. The van der Waals surface area contributed by atoms with Gasteiger partial charge in [-0.1, -0.05) is 6.07 Å². The molecule has 2 rings (SSSR count). The molecule has 0 aliphatic rings. The number of nitrogens with one attached hydrogen (secondary N) is 1. The summed E-state index contributed by atoms with van der Waals surface area (Å²) in [6, 6.07) is 5.85. The van der Waals surface area contributed by atoms with Crippen molar-refractivity contribution in [2.45, 2.75) is 12.8 Å². The second kappa shape index (κ2) is 8.70. The van der Waals surface area contributed by atoms with Crippen molar-refractivity contribution >= 4 is 16.9 Å². The van der Waals surface area contributed by atoms with Gasteiger partial charge in [0.2, 0.25) is 6.79 Å². The van der Waals surface area contributed by atoms with Crippen LogP contribution in [-0.2, 0) is 16.0 Å². The molecular weight excluding hydrogens is 306 g/mol. The minimum atomic E-state index is -0.252. The standard InChI is InChI=1S/C18H27N3O3/c1-20(2)10-8-14-12-19-15-6-5-7-16(18(14)15)23-13-24-17(22)9-11-21(3)4/h5-7,12,19H,8-11,13H2,1-4H3. The van der Waals surface area contributed by atoms with E-state index in [0.717, 1.165) is 29.6 Å². The number of H-pyrrole nitrogens is 1. The van der Waals surface area contributed by atoms with Gasteiger partial charge < -0.3 is 24.3 Å². The lowest BCUT2D eigenvalue weighted by Gasteiger charge is -2.12. The lowest BCUT2D eigenvalue weighted by Crippen LogP contribution is -2.19. The number of aromatic amines is 1. The molecule has 6 nitrogen and oxygen atoms in total. The average Bonchev–Trinajstić information content (AvgIpc) is 2.95. The average molecular weight is 333 g/mol. The Balaban J connectivity index is 1.98. The summed E-state index contributed by atoms with van der Waals surface area (Å²) in [6.07, 6.45) is 3.30. The highest BCUT2D eigenvalue weighted by Gasteiger charge is 2.11. The molecule has 0 amide bonds. The van der Waals surface area contributed by atoms with Crippen molar-refractivity contribution in [3.05, 3.63) is 30.0 Å². The van der Waals surface area contributed by atoms with E-state index in [9.17, 15) is 4.79 Å². The van der Waals surface area contributed by atoms with Crippen LogP contribution in [0.2, 0.25) is 0 Å². The zero-order valence-electron chi connectivity index (χ0n) is 15.0. The van der Waals surface area contributed by atoms with Crippen LogP contribution in [0.1, 0.15) is 12.0 Å². The molecule has 2 aromatic rings. The van der Waals surface area contributed by atoms with Crippen molar-refractivity contribution < 1.29 is 14.3 Å². The van der Waals surface area contributed by atoms with Gasteiger partial charge in [0.15, 0.2) is 0 Å². The number of carbonyl (C=O) groups excluding carboxylic acids is 1. The smallest absolute Gasteiger partial charge is 0.309 e. The second-order valence-corrected chi connectivity index (χ2v) is 6.38. The first-order valence-corrected chi connectivity index (χ1v) is 8.14. The topological polar surface area (TPSA) is 57.8 Å². The molecule has 1 N–H and O–H groups in total. The summed E-state index contributed by atoms with van der Waals surface area (Å²) in [7, 11) is 7.95. The molecular formula is C18H27N3O3. The molecule has 0 saturated carbocycles. The maximum atomic E-state index is 11.7. The first-order valence-electron chi connectivity index (χ1n) is 8.14. The third-order valence-electron chi connectivity index (χ3n) is 3.78. The molecule has 1 aromatic carbocycles. The van der Waals surface area contributed by atoms with Gasteiger partial charge in [0.25, 0.3) is 0 Å². The highest BCUT2D eigenvalue weighted by atomic mass is 16.7. The fraction of sp³-hybridized carbons (Fsp3) is 0.500. The quantitative estimate of drug-likeness (QED) is 0.563. The van der Waals surface area contributed by atoms with Crippen molar-refractivity contribution in [1.29, 1.82) is 0 Å². The van der Waals surface area contributed by atoms with Crippen LogP contribution >= 0.6 is 0 Å². The van der Waals surface area contributed by atoms with Gasteiger partial charge in [0.1, 0.15) is 5.75 Å². The molecule has 0 fully saturated rings. The van der Waals surface area contributed by atoms with Gasteiger partial charge >= 0.3 is 5.97 Å². The third-order valence-corrected chi connectivity index (χ3v) is 3.78. The Morgan fingerprint density at radius 2 is 1.88 bits per heavy atom. The summed E-state index contributed by atoms with van der Waals surface area (Å²) < 4.78 is 10.9. The molecule has 0 aliphatic carbocycles. The Morgan fingerprint density at radius 3 is 2.58 bits per heavy atom. The molecule has 0 aliphatic heterocycles. The molecule has 6 heteroatoms. The van der Waals surface area contributed by atoms with E-state index < -0.39 is 0 Å². The number of fused-ring (bicyclic) bond motifs is 1. The second-order valence-electron chi connectivity index (χ2n) is 6.38. The number of hydrogen-bond donors (Lipinski definition) is 1. The summed E-state index contributed by atoms with van der Waals surface area (Å²) in [4.78, 5) is 19.0. The Kier molecular flexibility index (Phi) is 6.63. The summed E-state index contributed by atoms with van der Waals surface area (Å²) >= 11 is 0. The molecule has 0 bridgehead atoms. The number of nitrogens with zero attached hydrogens (tertiary/aromatic N) is 2. The van der Waals surface area contributed by atoms with Crippen molar-refractivity contribution in [3.63, 3.8) is 0 Å². The van der Waals surface area contributed by atoms with E-state index in [1.165, 1.54) is 5.56 Å². The largest absolute Gasteiger partial charge is 0.457 e. The lowest BCUT2D eigenvalue weighted by molar-refractivity contribution is -0.150. The number of ether oxygens (including phenoxy) is 2. The van der Waals surface area contributed by atoms with Crippen LogP contribution in [0.5, 0.6) is 5.75 Å². The number of aromatic nitrogens is 1. The zero-order valence-corrected chi connectivity index (χ0v) is 15.0. The van der Waals surface area contributed by atoms with Crippen LogP contribution in [0.3, 0.4) is 0 Å². The van der Waals surface area contributed by atoms with Gasteiger partial charge in [-0.05, 0) is 52.3 Å². The van der Waals surface area contributed by atoms with Gasteiger partial charge in [-0.25, -0.2) is 0 Å². The molecule has 0 radical (unpaired) electrons. The highest BCUT2D eigenvalue weighted by Crippen LogP contribution is 2.29. The minimum absolute atomic E-state index is 0.0658. The minimum Gasteiger partial charge on any atom is -0.457 e. The number of rotatable bonds is 9. The Labute approximate surface area is 143 Å². The van der Waals surface area contributed by atoms with Crippen LogP contribution in [0.25, 0.3) is 10.9 Å². The van der Waals surface area contributed by atoms with Gasteiger partial charge in [-0.15, -0.1) is 0 Å². The number of likely N-dealkylation sites (N-methyl/N-ethyl adjacent to an activating group) is 1. The molecule has 24 heavy (non-hydrogen) atoms. The predicted octanol–water partition coefficient (Wildman–Crippen LogP) is 2.10. The van der Waals surface area contributed by atoms with Crippen LogP contribution in [0.15, 0.2) is 24.4 Å². The van der Waals surface area contributed by atoms with Gasteiger partial charge in [0.05, 0.1) is 6.42 Å². The SMILES string of the molecule is CN(C)CCC(=O)OCOc1cccc2[nH]cc(CCN(C)C)c12. The Bertz CT molecular complexity index is 665. The van der Waals surface area contributed by atoms with Crippen molar-refractivity contribution in [2.75, 3.05) is 48.1 Å². The summed E-state index contributed by atoms with van der Waals surface area (Å²) in [5.74, 6) is 0.487. The maximum Gasteiger partial charge on any atom is 0.309 e. The van der Waals surface area contributed by atoms with E-state index in [-0.39, 0.29) is 12.8 Å². The van der Waals surface area contributed by atoms with Crippen molar-refractivity contribution in [3.8, 4) is 5.75 Å². The summed E-state index contributed by atoms with van der Waals surface area (Å²) in [6.45, 7) is 1.56. The molecule has 1 heterocycles. The lowest BCUT2D eigenvalue weighted by atomic mass is 10.1. The van der Waals surface area contributed by atoms with Crippen molar-refractivity contribution in [2.24, 2.45) is 0 Å². The molecule has 132 valence electrons. The van der Waals surface area contributed by atoms with Crippen molar-refractivity contribution in [1.82, 2.24) is 14.8 Å². The van der Waals surface area contributed by atoms with E-state index in [2.05, 4.69) is 24.0 Å². The van der Waals surface area contributed by atoms with E-state index in [1.807, 2.05) is 43.4 Å². The highest BCUT2D eigenvalue weighted by molar-refractivity contribution is 5.89. The summed E-state index contributed by atoms with van der Waals surface area (Å²) in [5.41, 5.74) is 2.23. The van der Waals surface area contributed by atoms with Crippen LogP contribution in [0, 0.1) is 0 Å². The first kappa shape index (κ1) is 18.3. The molecule has 1 aromatic heterocycles. The number of hydrogen-bond acceptors (Lipinski definition) is 5. The Hall–Kier alpha value is -2.05. The van der Waals surface area contributed by atoms with Gasteiger partial charge in [-0.3, -0.25) is 4.79 Å². The first-order chi connectivity index (χ1) is 11.5. The number of benzene rings is 1. The van der Waals surface area contributed by atoms with E-state index in [0.29, 0.717) is 13.0 Å². The monoisotopic (exact) mass is 333 g/mol. The molecule has 0 unspecified atom stereocenters. The van der Waals surface area contributed by atoms with Crippen LogP contribution in [0.4, 0.5) is 0 Å². The van der Waals surface area contributed by atoms with E-state index in [4.69, 9.17) is 9.47 Å². The van der Waals surface area contributed by atoms with Crippen LogP contribution in [-0.4, -0.2) is 68.8 Å².